The van der Waals surface area contributed by atoms with Crippen molar-refractivity contribution in [2.45, 2.75) is 38.8 Å². The third-order valence-corrected chi connectivity index (χ3v) is 4.70. The Bertz CT molecular complexity index is 845. The Labute approximate surface area is 140 Å². The van der Waals surface area contributed by atoms with Gasteiger partial charge in [-0.15, -0.1) is 0 Å². The van der Waals surface area contributed by atoms with E-state index < -0.39 is 0 Å². The Balaban J connectivity index is 1.59. The number of hydrogen-bond acceptors (Lipinski definition) is 5. The summed E-state index contributed by atoms with van der Waals surface area (Å²) >= 11 is 0. The van der Waals surface area contributed by atoms with E-state index in [4.69, 9.17) is 4.74 Å². The molecule has 0 amide bonds. The highest BCUT2D eigenvalue weighted by Gasteiger charge is 2.25. The molecule has 0 bridgehead atoms. The van der Waals surface area contributed by atoms with Gasteiger partial charge in [0.1, 0.15) is 12.1 Å². The fraction of sp³-hybridized carbons (Fsp3) is 0.389. The van der Waals surface area contributed by atoms with Gasteiger partial charge >= 0.3 is 0 Å². The molecule has 2 atom stereocenters. The van der Waals surface area contributed by atoms with Crippen molar-refractivity contribution in [1.29, 1.82) is 0 Å². The molecule has 0 saturated carbocycles. The summed E-state index contributed by atoms with van der Waals surface area (Å²) in [7, 11) is 0. The first kappa shape index (κ1) is 15.1. The van der Waals surface area contributed by atoms with Gasteiger partial charge in [0.05, 0.1) is 6.10 Å². The van der Waals surface area contributed by atoms with Crippen LogP contribution in [0.1, 0.15) is 35.8 Å². The highest BCUT2D eigenvalue weighted by molar-refractivity contribution is 5.52. The van der Waals surface area contributed by atoms with Crippen molar-refractivity contribution < 1.29 is 4.74 Å². The van der Waals surface area contributed by atoms with Crippen LogP contribution in [-0.2, 0) is 4.74 Å². The first-order chi connectivity index (χ1) is 11.7. The van der Waals surface area contributed by atoms with Gasteiger partial charge in [0.15, 0.2) is 0 Å². The molecule has 6 heteroatoms. The molecule has 0 aliphatic carbocycles. The Hall–Kier alpha value is -2.47. The molecule has 3 heterocycles. The third kappa shape index (κ3) is 2.73. The van der Waals surface area contributed by atoms with E-state index >= 15 is 0 Å². The van der Waals surface area contributed by atoms with Gasteiger partial charge in [-0.3, -0.25) is 0 Å². The minimum atomic E-state index is 0.131. The number of nitrogens with zero attached hydrogens (tertiary/aromatic N) is 4. The average Bonchev–Trinajstić information content (AvgIpc) is 3.08. The largest absolute Gasteiger partial charge is 0.373 e. The number of ether oxygens (including phenoxy) is 1. The van der Waals surface area contributed by atoms with Gasteiger partial charge < -0.3 is 10.1 Å². The van der Waals surface area contributed by atoms with E-state index in [1.807, 2.05) is 13.0 Å². The molecule has 2 unspecified atom stereocenters. The number of aryl methyl sites for hydroxylation is 1. The normalized spacial score (nSPS) is 21.1. The Morgan fingerprint density at radius 3 is 2.88 bits per heavy atom. The van der Waals surface area contributed by atoms with Crippen LogP contribution in [0.15, 0.2) is 36.7 Å². The SMILES string of the molecule is Cc1nc2ncnn2c(NC2CCOC(c3ccccc3)C2)c1C. The van der Waals surface area contributed by atoms with Crippen molar-refractivity contribution in [1.82, 2.24) is 19.6 Å². The second-order valence-corrected chi connectivity index (χ2v) is 6.28. The molecule has 3 aromatic rings. The topological polar surface area (TPSA) is 64.3 Å². The lowest BCUT2D eigenvalue weighted by molar-refractivity contribution is 0.00971. The predicted octanol–water partition coefficient (Wildman–Crippen LogP) is 3.07. The Morgan fingerprint density at radius 2 is 2.04 bits per heavy atom. The molecule has 24 heavy (non-hydrogen) atoms. The van der Waals surface area contributed by atoms with E-state index in [1.165, 1.54) is 5.56 Å². The van der Waals surface area contributed by atoms with E-state index in [1.54, 1.807) is 10.8 Å². The van der Waals surface area contributed by atoms with Crippen LogP contribution in [0.3, 0.4) is 0 Å². The monoisotopic (exact) mass is 323 g/mol. The van der Waals surface area contributed by atoms with Crippen LogP contribution in [0.5, 0.6) is 0 Å². The summed E-state index contributed by atoms with van der Waals surface area (Å²) in [6.45, 7) is 4.83. The van der Waals surface area contributed by atoms with Crippen molar-refractivity contribution in [3.63, 3.8) is 0 Å². The lowest BCUT2D eigenvalue weighted by Crippen LogP contribution is -2.31. The number of hydrogen-bond donors (Lipinski definition) is 1. The van der Waals surface area contributed by atoms with Gasteiger partial charge in [-0.1, -0.05) is 30.3 Å². The lowest BCUT2D eigenvalue weighted by atomic mass is 9.97. The van der Waals surface area contributed by atoms with Crippen molar-refractivity contribution in [2.75, 3.05) is 11.9 Å². The van der Waals surface area contributed by atoms with Crippen LogP contribution in [0.2, 0.25) is 0 Å². The standard InChI is InChI=1S/C18H21N5O/c1-12-13(2)21-18-19-11-20-23(18)17(12)22-15-8-9-24-16(10-15)14-6-4-3-5-7-14/h3-7,11,15-16,22H,8-10H2,1-2H3. The van der Waals surface area contributed by atoms with Gasteiger partial charge in [-0.2, -0.15) is 14.6 Å². The summed E-state index contributed by atoms with van der Waals surface area (Å²) in [5.74, 6) is 1.61. The van der Waals surface area contributed by atoms with Gasteiger partial charge in [0, 0.05) is 23.9 Å². The summed E-state index contributed by atoms with van der Waals surface area (Å²) in [6, 6.07) is 10.7. The summed E-state index contributed by atoms with van der Waals surface area (Å²) in [4.78, 5) is 8.69. The van der Waals surface area contributed by atoms with Gasteiger partial charge in [0.2, 0.25) is 0 Å². The van der Waals surface area contributed by atoms with Crippen molar-refractivity contribution in [3.05, 3.63) is 53.5 Å². The molecule has 1 aliphatic heterocycles. The maximum absolute atomic E-state index is 5.97. The van der Waals surface area contributed by atoms with Gasteiger partial charge in [-0.25, -0.2) is 4.98 Å². The highest BCUT2D eigenvalue weighted by atomic mass is 16.5. The minimum absolute atomic E-state index is 0.131. The number of nitrogens with one attached hydrogen (secondary N) is 1. The molecular weight excluding hydrogens is 302 g/mol. The fourth-order valence-corrected chi connectivity index (χ4v) is 3.22. The maximum Gasteiger partial charge on any atom is 0.254 e. The van der Waals surface area contributed by atoms with Crippen LogP contribution < -0.4 is 5.32 Å². The quantitative estimate of drug-likeness (QED) is 0.802. The molecule has 2 aromatic heterocycles. The number of fused-ring (bicyclic) bond motifs is 1. The molecule has 6 nitrogen and oxygen atoms in total. The van der Waals surface area contributed by atoms with E-state index in [0.29, 0.717) is 11.8 Å². The van der Waals surface area contributed by atoms with Gasteiger partial charge in [0.25, 0.3) is 5.78 Å². The Kier molecular flexibility index (Phi) is 3.90. The zero-order valence-corrected chi connectivity index (χ0v) is 13.9. The highest BCUT2D eigenvalue weighted by Crippen LogP contribution is 2.30. The molecule has 4 rings (SSSR count). The molecular formula is C18H21N5O. The van der Waals surface area contributed by atoms with E-state index in [0.717, 1.165) is 36.5 Å². The van der Waals surface area contributed by atoms with Crippen LogP contribution in [0.25, 0.3) is 5.78 Å². The summed E-state index contributed by atoms with van der Waals surface area (Å²) < 4.78 is 7.76. The molecule has 1 N–H and O–H groups in total. The molecule has 0 radical (unpaired) electrons. The second-order valence-electron chi connectivity index (χ2n) is 6.28. The molecule has 0 spiro atoms. The first-order valence-corrected chi connectivity index (χ1v) is 8.32. The van der Waals surface area contributed by atoms with Crippen molar-refractivity contribution in [2.24, 2.45) is 0 Å². The average molecular weight is 323 g/mol. The number of aromatic nitrogens is 4. The molecule has 1 aliphatic rings. The smallest absolute Gasteiger partial charge is 0.254 e. The van der Waals surface area contributed by atoms with E-state index in [-0.39, 0.29) is 6.10 Å². The summed E-state index contributed by atoms with van der Waals surface area (Å²) in [5.41, 5.74) is 3.32. The molecule has 1 saturated heterocycles. The zero-order valence-electron chi connectivity index (χ0n) is 13.9. The number of anilines is 1. The summed E-state index contributed by atoms with van der Waals surface area (Å²) in [6.07, 6.45) is 3.58. The first-order valence-electron chi connectivity index (χ1n) is 8.32. The molecule has 124 valence electrons. The maximum atomic E-state index is 5.97. The van der Waals surface area contributed by atoms with E-state index in [9.17, 15) is 0 Å². The van der Waals surface area contributed by atoms with Crippen LogP contribution >= 0.6 is 0 Å². The predicted molar refractivity (Wildman–Crippen MR) is 92.0 cm³/mol. The van der Waals surface area contributed by atoms with E-state index in [2.05, 4.69) is 51.6 Å². The minimum Gasteiger partial charge on any atom is -0.373 e. The van der Waals surface area contributed by atoms with Crippen LogP contribution in [0, 0.1) is 13.8 Å². The van der Waals surface area contributed by atoms with Crippen molar-refractivity contribution in [3.8, 4) is 0 Å². The lowest BCUT2D eigenvalue weighted by Gasteiger charge is -2.31. The molecule has 1 aromatic carbocycles. The third-order valence-electron chi connectivity index (χ3n) is 4.70. The van der Waals surface area contributed by atoms with Crippen LogP contribution in [0.4, 0.5) is 5.82 Å². The number of benzene rings is 1. The summed E-state index contributed by atoms with van der Waals surface area (Å²) in [5, 5.41) is 7.97. The zero-order chi connectivity index (χ0) is 16.5. The second kappa shape index (κ2) is 6.20. The fourth-order valence-electron chi connectivity index (χ4n) is 3.22. The number of rotatable bonds is 3. The van der Waals surface area contributed by atoms with Gasteiger partial charge in [-0.05, 0) is 32.3 Å². The molecule has 1 fully saturated rings. The van der Waals surface area contributed by atoms with Crippen molar-refractivity contribution >= 4 is 11.6 Å². The van der Waals surface area contributed by atoms with Crippen LogP contribution in [-0.4, -0.2) is 32.2 Å². The Morgan fingerprint density at radius 1 is 1.21 bits per heavy atom.